The van der Waals surface area contributed by atoms with Gasteiger partial charge in [-0.25, -0.2) is 0 Å². The molecule has 0 spiro atoms. The molecule has 3 heteroatoms. The van der Waals surface area contributed by atoms with Crippen LogP contribution in [0, 0.1) is 10.8 Å². The first-order chi connectivity index (χ1) is 15.8. The summed E-state index contributed by atoms with van der Waals surface area (Å²) < 4.78 is 6.04. The average molecular weight is 457 g/mol. The molecule has 0 aliphatic heterocycles. The van der Waals surface area contributed by atoms with Crippen LogP contribution in [0.2, 0.25) is 0 Å². The SMILES string of the molecule is CCCCCCC(C)(CCCCCC)C(=O)OCc1ccbcc1CC(C)(CC)CCCC. The van der Waals surface area contributed by atoms with Crippen molar-refractivity contribution in [2.24, 2.45) is 10.8 Å². The molecule has 0 aliphatic carbocycles. The van der Waals surface area contributed by atoms with E-state index in [1.54, 1.807) is 0 Å². The van der Waals surface area contributed by atoms with Crippen LogP contribution in [-0.2, 0) is 22.6 Å². The summed E-state index contributed by atoms with van der Waals surface area (Å²) in [6.45, 7) is 16.1. The summed E-state index contributed by atoms with van der Waals surface area (Å²) >= 11 is 0. The molecule has 188 valence electrons. The van der Waals surface area contributed by atoms with E-state index in [9.17, 15) is 4.79 Å². The summed E-state index contributed by atoms with van der Waals surface area (Å²) in [7, 11) is 0. The van der Waals surface area contributed by atoms with Crippen molar-refractivity contribution in [2.75, 3.05) is 0 Å². The van der Waals surface area contributed by atoms with Crippen LogP contribution in [0.25, 0.3) is 0 Å². The van der Waals surface area contributed by atoms with Crippen LogP contribution in [-0.4, -0.2) is 12.9 Å². The maximum atomic E-state index is 13.3. The number of carbonyl (C=O) groups excluding carboxylic acids is 1. The minimum absolute atomic E-state index is 0.00883. The van der Waals surface area contributed by atoms with Crippen molar-refractivity contribution in [3.05, 3.63) is 29.1 Å². The molecule has 0 fully saturated rings. The van der Waals surface area contributed by atoms with Gasteiger partial charge in [-0.3, -0.25) is 0 Å². The normalized spacial score (nSPS) is 13.5. The van der Waals surface area contributed by atoms with E-state index >= 15 is 0 Å². The van der Waals surface area contributed by atoms with Crippen LogP contribution in [0.4, 0.5) is 0 Å². The first kappa shape index (κ1) is 29.9. The fraction of sp³-hybridized carbons (Fsp3) is 0.800. The number of rotatable bonds is 19. The van der Waals surface area contributed by atoms with E-state index in [-0.39, 0.29) is 11.4 Å². The standard InChI is InChI=1S/C30H53BO2/c1-7-11-14-16-20-30(6,21-17-15-12-8-2)28(32)33-25-26-18-22-31-24-27(26)23-29(5,10-4)19-13-9-3/h18,22,24H,7-17,19-21,23,25H2,1-6H3. The van der Waals surface area contributed by atoms with Gasteiger partial charge in [0.15, 0.2) is 0 Å². The first-order valence-corrected chi connectivity index (χ1v) is 14.1. The molecular formula is C30H53BO2. The Hall–Kier alpha value is -1.12. The zero-order valence-corrected chi connectivity index (χ0v) is 22.9. The maximum absolute atomic E-state index is 13.3. The van der Waals surface area contributed by atoms with Gasteiger partial charge in [0.2, 0.25) is 0 Å². The molecule has 2 nitrogen and oxygen atoms in total. The van der Waals surface area contributed by atoms with Crippen LogP contribution >= 0.6 is 0 Å². The zero-order chi connectivity index (χ0) is 24.6. The van der Waals surface area contributed by atoms with Gasteiger partial charge in [-0.2, -0.15) is 0 Å². The van der Waals surface area contributed by atoms with Crippen LogP contribution in [0.15, 0.2) is 18.0 Å². The summed E-state index contributed by atoms with van der Waals surface area (Å²) in [4.78, 5) is 13.3. The molecule has 1 aromatic rings. The van der Waals surface area contributed by atoms with Crippen molar-refractivity contribution in [1.82, 2.24) is 0 Å². The quantitative estimate of drug-likeness (QED) is 0.153. The molecular weight excluding hydrogens is 403 g/mol. The Morgan fingerprint density at radius 3 is 1.97 bits per heavy atom. The molecule has 0 saturated heterocycles. The van der Waals surface area contributed by atoms with Crippen LogP contribution in [0.5, 0.6) is 0 Å². The van der Waals surface area contributed by atoms with Gasteiger partial charge in [-0.1, -0.05) is 13.8 Å². The van der Waals surface area contributed by atoms with Crippen LogP contribution < -0.4 is 0 Å². The Balaban J connectivity index is 2.84. The third kappa shape index (κ3) is 11.2. The summed E-state index contributed by atoms with van der Waals surface area (Å²) in [5, 5.41) is 0. The molecule has 1 aromatic heterocycles. The van der Waals surface area contributed by atoms with E-state index in [1.807, 2.05) is 0 Å². The molecule has 1 unspecified atom stereocenters. The Morgan fingerprint density at radius 2 is 1.42 bits per heavy atom. The second-order valence-electron chi connectivity index (χ2n) is 11.0. The van der Waals surface area contributed by atoms with E-state index in [4.69, 9.17) is 4.74 Å². The van der Waals surface area contributed by atoms with E-state index < -0.39 is 0 Å². The minimum atomic E-state index is -0.352. The van der Waals surface area contributed by atoms with E-state index in [2.05, 4.69) is 66.4 Å². The summed E-state index contributed by atoms with van der Waals surface area (Å²) in [5.74, 6) is 4.32. The van der Waals surface area contributed by atoms with E-state index in [0.29, 0.717) is 12.0 Å². The third-order valence-corrected chi connectivity index (χ3v) is 7.74. The van der Waals surface area contributed by atoms with Crippen LogP contribution in [0.3, 0.4) is 0 Å². The summed E-state index contributed by atoms with van der Waals surface area (Å²) in [5.41, 5.74) is 2.48. The van der Waals surface area contributed by atoms with Gasteiger partial charge < -0.3 is 0 Å². The molecule has 0 bridgehead atoms. The fourth-order valence-electron chi connectivity index (χ4n) is 4.85. The van der Waals surface area contributed by atoms with Gasteiger partial charge in [0.1, 0.15) is 0 Å². The van der Waals surface area contributed by atoms with Crippen molar-refractivity contribution >= 4 is 12.9 Å². The van der Waals surface area contributed by atoms with Gasteiger partial charge in [-0.05, 0) is 0 Å². The molecule has 0 amide bonds. The molecule has 0 aromatic carbocycles. The van der Waals surface area contributed by atoms with Crippen LogP contribution in [0.1, 0.15) is 143 Å². The number of ether oxygens (including phenoxy) is 1. The zero-order valence-electron chi connectivity index (χ0n) is 22.9. The van der Waals surface area contributed by atoms with Gasteiger partial charge >= 0.3 is 193 Å². The monoisotopic (exact) mass is 456 g/mol. The predicted octanol–water partition coefficient (Wildman–Crippen LogP) is 9.16. The van der Waals surface area contributed by atoms with E-state index in [0.717, 1.165) is 32.1 Å². The third-order valence-electron chi connectivity index (χ3n) is 7.74. The first-order valence-electron chi connectivity index (χ1n) is 14.1. The Kier molecular flexibility index (Phi) is 15.0. The fourth-order valence-corrected chi connectivity index (χ4v) is 4.85. The van der Waals surface area contributed by atoms with Crippen molar-refractivity contribution in [1.29, 1.82) is 0 Å². The number of esters is 1. The van der Waals surface area contributed by atoms with Crippen molar-refractivity contribution in [3.63, 3.8) is 0 Å². The number of unbranched alkanes of at least 4 members (excludes halogenated alkanes) is 7. The van der Waals surface area contributed by atoms with Gasteiger partial charge in [0.25, 0.3) is 0 Å². The van der Waals surface area contributed by atoms with Crippen molar-refractivity contribution in [3.8, 4) is 0 Å². The number of carbonyl (C=O) groups is 1. The van der Waals surface area contributed by atoms with Gasteiger partial charge in [0.05, 0.1) is 0 Å². The molecule has 0 N–H and O–H groups in total. The Labute approximate surface area is 206 Å². The molecule has 1 heterocycles. The second kappa shape index (κ2) is 16.5. The Bertz CT molecular complexity index is 644. The molecule has 33 heavy (non-hydrogen) atoms. The second-order valence-corrected chi connectivity index (χ2v) is 11.0. The molecule has 1 atom stereocenters. The van der Waals surface area contributed by atoms with Crippen molar-refractivity contribution in [2.45, 2.75) is 144 Å². The summed E-state index contributed by atoms with van der Waals surface area (Å²) in [6, 6.07) is 2.15. The molecule has 0 aliphatic rings. The van der Waals surface area contributed by atoms with Crippen molar-refractivity contribution < 1.29 is 9.53 Å². The predicted molar refractivity (Wildman–Crippen MR) is 145 cm³/mol. The molecule has 0 radical (unpaired) electrons. The Morgan fingerprint density at radius 1 is 0.818 bits per heavy atom. The van der Waals surface area contributed by atoms with Gasteiger partial charge in [0, 0.05) is 0 Å². The van der Waals surface area contributed by atoms with E-state index in [1.165, 1.54) is 75.3 Å². The summed E-state index contributed by atoms with van der Waals surface area (Å²) in [6.07, 6.45) is 17.5. The number of hydrogen-bond acceptors (Lipinski definition) is 2. The topological polar surface area (TPSA) is 26.3 Å². The molecule has 1 rings (SSSR count). The molecule has 0 saturated carbocycles. The number of hydrogen-bond donors (Lipinski definition) is 0. The average Bonchev–Trinajstić information content (AvgIpc) is 2.82. The van der Waals surface area contributed by atoms with Gasteiger partial charge in [-0.15, -0.1) is 0 Å².